The zero-order valence-electron chi connectivity index (χ0n) is 17.6. The first kappa shape index (κ1) is 20.2. The first-order valence-corrected chi connectivity index (χ1v) is 10.6. The fraction of sp³-hybridized carbons (Fsp3) is 0.750. The first-order chi connectivity index (χ1) is 13.9. The van der Waals surface area contributed by atoms with Gasteiger partial charge in [-0.1, -0.05) is 0 Å². The highest BCUT2D eigenvalue weighted by Gasteiger charge is 2.48. The fourth-order valence-electron chi connectivity index (χ4n) is 4.51. The number of nitrogens with zero attached hydrogens (tertiary/aromatic N) is 5. The quantitative estimate of drug-likeness (QED) is 0.775. The van der Waals surface area contributed by atoms with Crippen molar-refractivity contribution >= 4 is 11.9 Å². The van der Waals surface area contributed by atoms with E-state index in [0.717, 1.165) is 32.0 Å². The van der Waals surface area contributed by atoms with Crippen LogP contribution in [0.5, 0.6) is 0 Å². The molecule has 0 radical (unpaired) electrons. The van der Waals surface area contributed by atoms with Crippen LogP contribution in [0.25, 0.3) is 0 Å². The number of piperidine rings is 1. The second-order valence-electron chi connectivity index (χ2n) is 8.72. The molecule has 3 amide bonds. The summed E-state index contributed by atoms with van der Waals surface area (Å²) >= 11 is 0. The van der Waals surface area contributed by atoms with Crippen LogP contribution in [0.2, 0.25) is 0 Å². The molecule has 1 spiro atoms. The van der Waals surface area contributed by atoms with Crippen LogP contribution in [-0.4, -0.2) is 94.7 Å². The zero-order chi connectivity index (χ0) is 20.6. The summed E-state index contributed by atoms with van der Waals surface area (Å²) in [4.78, 5) is 36.1. The van der Waals surface area contributed by atoms with E-state index >= 15 is 0 Å². The van der Waals surface area contributed by atoms with E-state index in [1.54, 1.807) is 6.20 Å². The predicted molar refractivity (Wildman–Crippen MR) is 107 cm³/mol. The zero-order valence-corrected chi connectivity index (χ0v) is 17.6. The minimum absolute atomic E-state index is 0.0425. The van der Waals surface area contributed by atoms with Gasteiger partial charge in [0.25, 0.3) is 5.91 Å². The van der Waals surface area contributed by atoms with Crippen LogP contribution in [0.3, 0.4) is 0 Å². The standard InChI is InChI=1S/C20H32N6O3/c1-15(2)22-19(28)25-7-4-20(5-8-25)18-21-6-9-26(18)14-16(29-20)17(27)24-12-10-23(3)11-13-24/h6,9,15-16H,4-5,7-8,10-14H2,1-3H3,(H,22,28). The van der Waals surface area contributed by atoms with Crippen molar-refractivity contribution in [2.45, 2.75) is 51.0 Å². The molecule has 0 bridgehead atoms. The van der Waals surface area contributed by atoms with Gasteiger partial charge in [-0.25, -0.2) is 9.78 Å². The number of carbonyl (C=O) groups is 2. The van der Waals surface area contributed by atoms with Crippen molar-refractivity contribution in [3.05, 3.63) is 18.2 Å². The Hall–Kier alpha value is -2.13. The number of piperazine rings is 1. The lowest BCUT2D eigenvalue weighted by Gasteiger charge is -2.46. The summed E-state index contributed by atoms with van der Waals surface area (Å²) in [6.07, 6.45) is 4.49. The van der Waals surface area contributed by atoms with Crippen molar-refractivity contribution in [2.24, 2.45) is 0 Å². The normalized spacial score (nSPS) is 24.6. The molecule has 0 aliphatic carbocycles. The van der Waals surface area contributed by atoms with Crippen molar-refractivity contribution in [1.29, 1.82) is 0 Å². The molecule has 3 aliphatic rings. The van der Waals surface area contributed by atoms with Gasteiger partial charge in [-0.15, -0.1) is 0 Å². The fourth-order valence-corrected chi connectivity index (χ4v) is 4.51. The number of ether oxygens (including phenoxy) is 1. The van der Waals surface area contributed by atoms with Gasteiger partial charge in [0.05, 0.1) is 6.54 Å². The van der Waals surface area contributed by atoms with E-state index in [9.17, 15) is 9.59 Å². The van der Waals surface area contributed by atoms with Gasteiger partial charge in [-0.05, 0) is 20.9 Å². The minimum atomic E-state index is -0.608. The van der Waals surface area contributed by atoms with Crippen LogP contribution in [-0.2, 0) is 21.7 Å². The Labute approximate surface area is 172 Å². The lowest BCUT2D eigenvalue weighted by atomic mass is 9.88. The van der Waals surface area contributed by atoms with Crippen molar-refractivity contribution < 1.29 is 14.3 Å². The van der Waals surface area contributed by atoms with E-state index in [2.05, 4.69) is 26.8 Å². The highest BCUT2D eigenvalue weighted by molar-refractivity contribution is 5.81. The maximum atomic E-state index is 13.2. The molecule has 1 aromatic heterocycles. The largest absolute Gasteiger partial charge is 0.352 e. The van der Waals surface area contributed by atoms with Crippen molar-refractivity contribution in [1.82, 2.24) is 29.6 Å². The second kappa shape index (κ2) is 7.95. The van der Waals surface area contributed by atoms with Gasteiger partial charge in [0.15, 0.2) is 6.10 Å². The topological polar surface area (TPSA) is 82.9 Å². The van der Waals surface area contributed by atoms with Gasteiger partial charge in [-0.3, -0.25) is 4.79 Å². The third kappa shape index (κ3) is 3.98. The van der Waals surface area contributed by atoms with Crippen LogP contribution in [0.4, 0.5) is 4.79 Å². The van der Waals surface area contributed by atoms with Crippen LogP contribution >= 0.6 is 0 Å². The number of carbonyl (C=O) groups excluding carboxylic acids is 2. The number of hydrogen-bond acceptors (Lipinski definition) is 5. The number of aromatic nitrogens is 2. The molecule has 1 aromatic rings. The molecule has 0 aromatic carbocycles. The van der Waals surface area contributed by atoms with Crippen molar-refractivity contribution in [3.63, 3.8) is 0 Å². The Morgan fingerprint density at radius 3 is 2.48 bits per heavy atom. The van der Waals surface area contributed by atoms with E-state index in [-0.39, 0.29) is 18.0 Å². The molecular weight excluding hydrogens is 372 g/mol. The van der Waals surface area contributed by atoms with Crippen LogP contribution in [0.1, 0.15) is 32.5 Å². The molecular formula is C20H32N6O3. The number of rotatable bonds is 2. The molecule has 4 rings (SSSR count). The average Bonchev–Trinajstić information content (AvgIpc) is 3.18. The minimum Gasteiger partial charge on any atom is -0.352 e. The van der Waals surface area contributed by atoms with Gasteiger partial charge < -0.3 is 29.3 Å². The summed E-state index contributed by atoms with van der Waals surface area (Å²) in [5.74, 6) is 0.945. The van der Waals surface area contributed by atoms with Crippen LogP contribution in [0.15, 0.2) is 12.4 Å². The van der Waals surface area contributed by atoms with Crippen LogP contribution in [0, 0.1) is 0 Å². The van der Waals surface area contributed by atoms with E-state index in [1.165, 1.54) is 0 Å². The highest BCUT2D eigenvalue weighted by Crippen LogP contribution is 2.40. The van der Waals surface area contributed by atoms with Gasteiger partial charge in [0, 0.05) is 70.5 Å². The number of likely N-dealkylation sites (N-methyl/N-ethyl adjacent to an activating group) is 1. The molecule has 9 nitrogen and oxygen atoms in total. The summed E-state index contributed by atoms with van der Waals surface area (Å²) in [6.45, 7) is 8.84. The number of hydrogen-bond donors (Lipinski definition) is 1. The first-order valence-electron chi connectivity index (χ1n) is 10.6. The van der Waals surface area contributed by atoms with Gasteiger partial charge in [0.2, 0.25) is 0 Å². The Bertz CT molecular complexity index is 747. The molecule has 2 fully saturated rings. The third-order valence-corrected chi connectivity index (χ3v) is 6.21. The van der Waals surface area contributed by atoms with Crippen molar-refractivity contribution in [3.8, 4) is 0 Å². The summed E-state index contributed by atoms with van der Waals surface area (Å²) in [6, 6.07) is 0.0628. The number of fused-ring (bicyclic) bond motifs is 2. The second-order valence-corrected chi connectivity index (χ2v) is 8.72. The Kier molecular flexibility index (Phi) is 5.52. The number of amides is 3. The third-order valence-electron chi connectivity index (χ3n) is 6.21. The number of urea groups is 1. The average molecular weight is 405 g/mol. The highest BCUT2D eigenvalue weighted by atomic mass is 16.5. The Morgan fingerprint density at radius 2 is 1.83 bits per heavy atom. The van der Waals surface area contributed by atoms with E-state index in [1.807, 2.05) is 29.8 Å². The lowest BCUT2D eigenvalue weighted by Crippen LogP contribution is -2.58. The molecule has 9 heteroatoms. The molecule has 1 atom stereocenters. The van der Waals surface area contributed by atoms with E-state index < -0.39 is 11.7 Å². The maximum absolute atomic E-state index is 13.2. The monoisotopic (exact) mass is 404 g/mol. The molecule has 29 heavy (non-hydrogen) atoms. The van der Waals surface area contributed by atoms with Gasteiger partial charge in [-0.2, -0.15) is 0 Å². The molecule has 3 aliphatic heterocycles. The summed E-state index contributed by atoms with van der Waals surface area (Å²) in [5, 5.41) is 2.95. The number of nitrogens with one attached hydrogen (secondary N) is 1. The maximum Gasteiger partial charge on any atom is 0.317 e. The van der Waals surface area contributed by atoms with E-state index in [0.29, 0.717) is 32.5 Å². The number of imidazole rings is 1. The SMILES string of the molecule is CC(C)NC(=O)N1CCC2(CC1)OC(C(=O)N1CCN(C)CC1)Cn1ccnc12. The smallest absolute Gasteiger partial charge is 0.317 e. The number of likely N-dealkylation sites (tertiary alicyclic amines) is 1. The van der Waals surface area contributed by atoms with Crippen LogP contribution < -0.4 is 5.32 Å². The van der Waals surface area contributed by atoms with Crippen molar-refractivity contribution in [2.75, 3.05) is 46.3 Å². The lowest BCUT2D eigenvalue weighted by molar-refractivity contribution is -0.180. The molecule has 160 valence electrons. The molecule has 0 saturated carbocycles. The predicted octanol–water partition coefficient (Wildman–Crippen LogP) is 0.465. The molecule has 4 heterocycles. The molecule has 1 N–H and O–H groups in total. The molecule has 2 saturated heterocycles. The van der Waals surface area contributed by atoms with Gasteiger partial charge in [0.1, 0.15) is 11.4 Å². The Morgan fingerprint density at radius 1 is 1.14 bits per heavy atom. The summed E-state index contributed by atoms with van der Waals surface area (Å²) in [5.41, 5.74) is -0.608. The van der Waals surface area contributed by atoms with Gasteiger partial charge >= 0.3 is 6.03 Å². The summed E-state index contributed by atoms with van der Waals surface area (Å²) in [7, 11) is 2.08. The molecule has 1 unspecified atom stereocenters. The van der Waals surface area contributed by atoms with E-state index in [4.69, 9.17) is 4.74 Å². The summed E-state index contributed by atoms with van der Waals surface area (Å²) < 4.78 is 8.57. The Balaban J connectivity index is 1.48.